The zero-order valence-corrected chi connectivity index (χ0v) is 8.86. The Morgan fingerprint density at radius 2 is 2.21 bits per heavy atom. The van der Waals surface area contributed by atoms with Gasteiger partial charge in [0.2, 0.25) is 0 Å². The topological polar surface area (TPSA) is 35.3 Å². The first-order chi connectivity index (χ1) is 6.66. The maximum Gasteiger partial charge on any atom is 0.399 e. The van der Waals surface area contributed by atoms with Crippen LogP contribution in [0.15, 0.2) is 22.6 Å². The van der Waals surface area contributed by atoms with Crippen LogP contribution >= 0.6 is 22.6 Å². The molecule has 0 aliphatic heterocycles. The maximum absolute atomic E-state index is 11.8. The van der Waals surface area contributed by atoms with E-state index in [9.17, 15) is 8.78 Å². The lowest BCUT2D eigenvalue weighted by Gasteiger charge is -1.95. The van der Waals surface area contributed by atoms with Crippen molar-refractivity contribution >= 4 is 33.7 Å². The molecule has 0 aliphatic carbocycles. The molecule has 2 aromatic rings. The Labute approximate surface area is 91.2 Å². The lowest BCUT2D eigenvalue weighted by Crippen LogP contribution is -2.01. The number of oxazole rings is 1. The number of hydrogen-bond acceptors (Lipinski definition) is 3. The summed E-state index contributed by atoms with van der Waals surface area (Å²) >= 11 is 2.03. The first-order valence-corrected chi connectivity index (χ1v) is 4.74. The van der Waals surface area contributed by atoms with Crippen molar-refractivity contribution in [3.63, 3.8) is 0 Å². The van der Waals surface area contributed by atoms with Crippen molar-refractivity contribution in [2.45, 2.75) is 6.61 Å². The maximum atomic E-state index is 11.8. The van der Waals surface area contributed by atoms with Gasteiger partial charge in [-0.05, 0) is 34.7 Å². The highest BCUT2D eigenvalue weighted by Crippen LogP contribution is 2.25. The van der Waals surface area contributed by atoms with E-state index < -0.39 is 12.7 Å². The summed E-state index contributed by atoms with van der Waals surface area (Å²) in [4.78, 5) is 3.74. The van der Waals surface area contributed by atoms with E-state index >= 15 is 0 Å². The average molecular weight is 311 g/mol. The molecule has 0 N–H and O–H groups in total. The number of halogens is 3. The number of rotatable bonds is 2. The van der Waals surface area contributed by atoms with Crippen LogP contribution in [0.2, 0.25) is 0 Å². The second-order valence-corrected chi connectivity index (χ2v) is 3.61. The molecule has 0 bridgehead atoms. The van der Waals surface area contributed by atoms with Crippen LogP contribution in [0, 0.1) is 3.57 Å². The van der Waals surface area contributed by atoms with E-state index in [1.54, 1.807) is 18.2 Å². The third-order valence-corrected chi connectivity index (χ3v) is 2.39. The second-order valence-electron chi connectivity index (χ2n) is 2.45. The molecule has 0 saturated carbocycles. The van der Waals surface area contributed by atoms with Gasteiger partial charge in [0.1, 0.15) is 5.52 Å². The van der Waals surface area contributed by atoms with Gasteiger partial charge in [-0.1, -0.05) is 6.07 Å². The van der Waals surface area contributed by atoms with Crippen LogP contribution in [0.3, 0.4) is 0 Å². The van der Waals surface area contributed by atoms with Gasteiger partial charge in [-0.25, -0.2) is 0 Å². The summed E-state index contributed by atoms with van der Waals surface area (Å²) in [6, 6.07) is 5.22. The van der Waals surface area contributed by atoms with E-state index in [0.717, 1.165) is 3.57 Å². The zero-order valence-electron chi connectivity index (χ0n) is 6.71. The standard InChI is InChI=1S/C8H4F2INO2/c9-7(10)14-8-12-5-3-1-2-4(11)6(5)13-8/h1-3,7H. The molecule has 1 heterocycles. The van der Waals surface area contributed by atoms with Gasteiger partial charge in [0.15, 0.2) is 5.58 Å². The van der Waals surface area contributed by atoms with E-state index in [0.29, 0.717) is 11.1 Å². The number of aromatic nitrogens is 1. The second kappa shape index (κ2) is 3.68. The molecule has 0 aliphatic rings. The molecule has 14 heavy (non-hydrogen) atoms. The molecule has 1 aromatic heterocycles. The van der Waals surface area contributed by atoms with Gasteiger partial charge in [0, 0.05) is 0 Å². The van der Waals surface area contributed by atoms with E-state index in [1.807, 2.05) is 22.6 Å². The highest BCUT2D eigenvalue weighted by atomic mass is 127. The molecule has 0 amide bonds. The van der Waals surface area contributed by atoms with Crippen molar-refractivity contribution in [3.8, 4) is 6.08 Å². The minimum Gasteiger partial charge on any atom is -0.408 e. The molecule has 0 saturated heterocycles. The lowest BCUT2D eigenvalue weighted by molar-refractivity contribution is -0.0664. The number of ether oxygens (including phenoxy) is 1. The van der Waals surface area contributed by atoms with Crippen molar-refractivity contribution in [1.29, 1.82) is 0 Å². The fraction of sp³-hybridized carbons (Fsp3) is 0.125. The van der Waals surface area contributed by atoms with Crippen LogP contribution in [0.5, 0.6) is 6.08 Å². The molecular formula is C8H4F2INO2. The smallest absolute Gasteiger partial charge is 0.399 e. The Morgan fingerprint density at radius 1 is 1.43 bits per heavy atom. The summed E-state index contributed by atoms with van der Waals surface area (Å²) in [5, 5.41) is 0. The zero-order chi connectivity index (χ0) is 10.1. The number of para-hydroxylation sites is 1. The van der Waals surface area contributed by atoms with Gasteiger partial charge in [-0.2, -0.15) is 13.8 Å². The molecular weight excluding hydrogens is 307 g/mol. The Kier molecular flexibility index (Phi) is 2.53. The largest absolute Gasteiger partial charge is 0.408 e. The molecule has 0 atom stereocenters. The third kappa shape index (κ3) is 1.79. The SMILES string of the molecule is FC(F)Oc1nc2cccc(I)c2o1. The molecule has 6 heteroatoms. The van der Waals surface area contributed by atoms with Gasteiger partial charge in [0.25, 0.3) is 0 Å². The van der Waals surface area contributed by atoms with Crippen molar-refractivity contribution in [2.24, 2.45) is 0 Å². The molecule has 1 aromatic carbocycles. The predicted molar refractivity (Wildman–Crippen MR) is 53.4 cm³/mol. The first-order valence-electron chi connectivity index (χ1n) is 3.66. The Balaban J connectivity index is 2.46. The lowest BCUT2D eigenvalue weighted by atomic mass is 10.3. The number of hydrogen-bond donors (Lipinski definition) is 0. The Morgan fingerprint density at radius 3 is 2.86 bits per heavy atom. The first kappa shape index (κ1) is 9.63. The molecule has 2 rings (SSSR count). The normalized spacial score (nSPS) is 11.1. The number of alkyl halides is 2. The van der Waals surface area contributed by atoms with Crippen molar-refractivity contribution in [2.75, 3.05) is 0 Å². The van der Waals surface area contributed by atoms with Crippen LogP contribution < -0.4 is 4.74 Å². The fourth-order valence-electron chi connectivity index (χ4n) is 1.02. The average Bonchev–Trinajstić information content (AvgIpc) is 2.47. The van der Waals surface area contributed by atoms with Gasteiger partial charge < -0.3 is 9.15 Å². The predicted octanol–water partition coefficient (Wildman–Crippen LogP) is 3.03. The molecule has 0 spiro atoms. The minimum absolute atomic E-state index is 0.404. The summed E-state index contributed by atoms with van der Waals surface area (Å²) in [5.74, 6) is 0. The van der Waals surface area contributed by atoms with Crippen molar-refractivity contribution in [1.82, 2.24) is 4.98 Å². The fourth-order valence-corrected chi connectivity index (χ4v) is 1.62. The summed E-state index contributed by atoms with van der Waals surface area (Å²) < 4.78 is 33.5. The highest BCUT2D eigenvalue weighted by Gasteiger charge is 2.13. The number of nitrogens with zero attached hydrogens (tertiary/aromatic N) is 1. The highest BCUT2D eigenvalue weighted by molar-refractivity contribution is 14.1. The summed E-state index contributed by atoms with van der Waals surface area (Å²) in [6.45, 7) is -2.92. The van der Waals surface area contributed by atoms with Crippen LogP contribution in [0.25, 0.3) is 11.1 Å². The minimum atomic E-state index is -2.92. The van der Waals surface area contributed by atoms with E-state index in [-0.39, 0.29) is 0 Å². The Bertz CT molecular complexity index is 458. The molecule has 0 unspecified atom stereocenters. The molecule has 0 radical (unpaired) electrons. The number of fused-ring (bicyclic) bond motifs is 1. The van der Waals surface area contributed by atoms with Gasteiger partial charge in [0.05, 0.1) is 3.57 Å². The molecule has 74 valence electrons. The van der Waals surface area contributed by atoms with Crippen molar-refractivity contribution < 1.29 is 17.9 Å². The van der Waals surface area contributed by atoms with E-state index in [1.165, 1.54) is 0 Å². The quantitative estimate of drug-likeness (QED) is 0.800. The Hall–Kier alpha value is -0.920. The van der Waals surface area contributed by atoms with Gasteiger partial charge >= 0.3 is 12.7 Å². The van der Waals surface area contributed by atoms with Crippen LogP contribution in [0.1, 0.15) is 0 Å². The van der Waals surface area contributed by atoms with E-state index in [2.05, 4.69) is 9.72 Å². The van der Waals surface area contributed by atoms with Crippen LogP contribution in [-0.4, -0.2) is 11.6 Å². The third-order valence-electron chi connectivity index (χ3n) is 1.54. The summed E-state index contributed by atoms with van der Waals surface area (Å²) in [5.41, 5.74) is 0.969. The van der Waals surface area contributed by atoms with Gasteiger partial charge in [-0.15, -0.1) is 0 Å². The summed E-state index contributed by atoms with van der Waals surface area (Å²) in [6.07, 6.45) is -0.404. The van der Waals surface area contributed by atoms with Crippen molar-refractivity contribution in [3.05, 3.63) is 21.8 Å². The van der Waals surface area contributed by atoms with Crippen LogP contribution in [-0.2, 0) is 0 Å². The monoisotopic (exact) mass is 311 g/mol. The summed E-state index contributed by atoms with van der Waals surface area (Å²) in [7, 11) is 0. The number of benzene rings is 1. The van der Waals surface area contributed by atoms with Gasteiger partial charge in [-0.3, -0.25) is 0 Å². The molecule has 0 fully saturated rings. The van der Waals surface area contributed by atoms with E-state index in [4.69, 9.17) is 4.42 Å². The molecule has 3 nitrogen and oxygen atoms in total. The van der Waals surface area contributed by atoms with Crippen LogP contribution in [0.4, 0.5) is 8.78 Å².